The maximum atomic E-state index is 11.7. The van der Waals surface area contributed by atoms with Crippen molar-refractivity contribution in [2.24, 2.45) is 5.92 Å². The molecule has 0 aliphatic carbocycles. The number of anilines is 2. The van der Waals surface area contributed by atoms with Crippen LogP contribution in [-0.4, -0.2) is 10.9 Å². The summed E-state index contributed by atoms with van der Waals surface area (Å²) < 4.78 is 0. The first-order chi connectivity index (χ1) is 12.6. The molecular formula is C21H20N4O. The van der Waals surface area contributed by atoms with Crippen molar-refractivity contribution < 1.29 is 4.79 Å². The molecule has 1 heterocycles. The Bertz CT molecular complexity index is 971. The maximum absolute atomic E-state index is 11.7. The van der Waals surface area contributed by atoms with Gasteiger partial charge in [0.15, 0.2) is 0 Å². The zero-order valence-electron chi connectivity index (χ0n) is 14.8. The fourth-order valence-corrected chi connectivity index (χ4v) is 2.60. The van der Waals surface area contributed by atoms with Gasteiger partial charge in [0.2, 0.25) is 5.91 Å². The molecule has 5 nitrogen and oxygen atoms in total. The molecule has 0 spiro atoms. The molecule has 5 heteroatoms. The normalized spacial score (nSPS) is 10.5. The molecule has 0 fully saturated rings. The lowest BCUT2D eigenvalue weighted by Gasteiger charge is -2.12. The van der Waals surface area contributed by atoms with E-state index in [1.165, 1.54) is 0 Å². The summed E-state index contributed by atoms with van der Waals surface area (Å²) in [6, 6.07) is 17.6. The molecule has 1 aromatic heterocycles. The Morgan fingerprint density at radius 2 is 1.88 bits per heavy atom. The number of nitrogens with one attached hydrogen (secondary N) is 2. The minimum absolute atomic E-state index is 0.00204. The van der Waals surface area contributed by atoms with Gasteiger partial charge in [0.05, 0.1) is 16.8 Å². The number of hydrogen-bond donors (Lipinski definition) is 2. The molecule has 0 saturated heterocycles. The Morgan fingerprint density at radius 3 is 2.58 bits per heavy atom. The lowest BCUT2D eigenvalue weighted by atomic mass is 10.1. The third-order valence-electron chi connectivity index (χ3n) is 4.11. The number of aromatic nitrogens is 1. The smallest absolute Gasteiger partial charge is 0.226 e. The van der Waals surface area contributed by atoms with E-state index in [0.29, 0.717) is 12.1 Å². The topological polar surface area (TPSA) is 77.8 Å². The van der Waals surface area contributed by atoms with E-state index >= 15 is 0 Å². The standard InChI is InChI=1S/C21H20N4O/c1-14(2)21(26)25-17-9-7-15(8-10-17)12-24-20-16(11-22)13-23-19-6-4-3-5-18(19)20/h3-10,13-14H,12H2,1-2H3,(H,23,24)(H,25,26). The monoisotopic (exact) mass is 344 g/mol. The van der Waals surface area contributed by atoms with Crippen LogP contribution in [0.15, 0.2) is 54.7 Å². The Morgan fingerprint density at radius 1 is 1.15 bits per heavy atom. The van der Waals surface area contributed by atoms with E-state index in [-0.39, 0.29) is 11.8 Å². The number of rotatable bonds is 5. The highest BCUT2D eigenvalue weighted by Crippen LogP contribution is 2.26. The lowest BCUT2D eigenvalue weighted by Crippen LogP contribution is -2.17. The molecule has 1 amide bonds. The van der Waals surface area contributed by atoms with Gasteiger partial charge in [0.25, 0.3) is 0 Å². The van der Waals surface area contributed by atoms with Crippen molar-refractivity contribution in [2.45, 2.75) is 20.4 Å². The molecule has 130 valence electrons. The van der Waals surface area contributed by atoms with E-state index in [1.54, 1.807) is 6.20 Å². The molecular weight excluding hydrogens is 324 g/mol. The summed E-state index contributed by atoms with van der Waals surface area (Å²) in [4.78, 5) is 16.1. The van der Waals surface area contributed by atoms with Gasteiger partial charge in [-0.15, -0.1) is 0 Å². The predicted molar refractivity (Wildman–Crippen MR) is 104 cm³/mol. The number of carbonyl (C=O) groups is 1. The number of amides is 1. The summed E-state index contributed by atoms with van der Waals surface area (Å²) in [5.41, 5.74) is 3.98. The zero-order valence-corrected chi connectivity index (χ0v) is 14.8. The Kier molecular flexibility index (Phi) is 5.14. The van der Waals surface area contributed by atoms with E-state index in [4.69, 9.17) is 0 Å². The third-order valence-corrected chi connectivity index (χ3v) is 4.11. The molecule has 3 rings (SSSR count). The largest absolute Gasteiger partial charge is 0.379 e. The highest BCUT2D eigenvalue weighted by molar-refractivity contribution is 5.94. The number of carbonyl (C=O) groups excluding carboxylic acids is 1. The van der Waals surface area contributed by atoms with Gasteiger partial charge in [-0.3, -0.25) is 9.78 Å². The molecule has 0 bridgehead atoms. The minimum atomic E-state index is -0.0549. The molecule has 0 unspecified atom stereocenters. The molecule has 2 N–H and O–H groups in total. The number of nitrogens with zero attached hydrogens (tertiary/aromatic N) is 2. The molecule has 0 radical (unpaired) electrons. The molecule has 0 aliphatic heterocycles. The number of hydrogen-bond acceptors (Lipinski definition) is 4. The van der Waals surface area contributed by atoms with Gasteiger partial charge in [0, 0.05) is 29.7 Å². The van der Waals surface area contributed by atoms with Crippen molar-refractivity contribution in [1.29, 1.82) is 5.26 Å². The minimum Gasteiger partial charge on any atom is -0.379 e. The number of pyridine rings is 1. The fraction of sp³-hybridized carbons (Fsp3) is 0.190. The van der Waals surface area contributed by atoms with E-state index in [2.05, 4.69) is 21.7 Å². The predicted octanol–water partition coefficient (Wildman–Crippen LogP) is 4.31. The number of nitriles is 1. The number of para-hydroxylation sites is 1. The van der Waals surface area contributed by atoms with Crippen LogP contribution < -0.4 is 10.6 Å². The van der Waals surface area contributed by atoms with Gasteiger partial charge in [-0.05, 0) is 23.8 Å². The zero-order chi connectivity index (χ0) is 18.5. The SMILES string of the molecule is CC(C)C(=O)Nc1ccc(CNc2c(C#N)cnc3ccccc23)cc1. The van der Waals surface area contributed by atoms with Crippen molar-refractivity contribution in [3.05, 3.63) is 65.9 Å². The first kappa shape index (κ1) is 17.4. The van der Waals surface area contributed by atoms with Crippen LogP contribution in [0.3, 0.4) is 0 Å². The summed E-state index contributed by atoms with van der Waals surface area (Å²) in [5.74, 6) is -0.0569. The lowest BCUT2D eigenvalue weighted by molar-refractivity contribution is -0.118. The van der Waals surface area contributed by atoms with Crippen molar-refractivity contribution in [1.82, 2.24) is 4.98 Å². The van der Waals surface area contributed by atoms with Crippen LogP contribution >= 0.6 is 0 Å². The summed E-state index contributed by atoms with van der Waals surface area (Å²) >= 11 is 0. The molecule has 0 saturated carbocycles. The summed E-state index contributed by atoms with van der Waals surface area (Å²) in [6.07, 6.45) is 1.59. The Hall–Kier alpha value is -3.39. The highest BCUT2D eigenvalue weighted by atomic mass is 16.1. The maximum Gasteiger partial charge on any atom is 0.226 e. The molecule has 2 aromatic carbocycles. The van der Waals surface area contributed by atoms with Crippen LogP contribution in [0, 0.1) is 17.2 Å². The van der Waals surface area contributed by atoms with Crippen molar-refractivity contribution in [3.63, 3.8) is 0 Å². The number of benzene rings is 2. The first-order valence-corrected chi connectivity index (χ1v) is 8.50. The molecule has 0 aliphatic rings. The molecule has 26 heavy (non-hydrogen) atoms. The van der Waals surface area contributed by atoms with Crippen molar-refractivity contribution in [3.8, 4) is 6.07 Å². The average Bonchev–Trinajstić information content (AvgIpc) is 2.67. The van der Waals surface area contributed by atoms with Gasteiger partial charge in [0.1, 0.15) is 6.07 Å². The van der Waals surface area contributed by atoms with E-state index in [9.17, 15) is 10.1 Å². The second kappa shape index (κ2) is 7.66. The van der Waals surface area contributed by atoms with Gasteiger partial charge >= 0.3 is 0 Å². The van der Waals surface area contributed by atoms with E-state index in [1.807, 2.05) is 62.4 Å². The van der Waals surface area contributed by atoms with E-state index < -0.39 is 0 Å². The fourth-order valence-electron chi connectivity index (χ4n) is 2.60. The average molecular weight is 344 g/mol. The van der Waals surface area contributed by atoms with Gasteiger partial charge in [-0.25, -0.2) is 0 Å². The summed E-state index contributed by atoms with van der Waals surface area (Å²) in [5, 5.41) is 16.5. The second-order valence-corrected chi connectivity index (χ2v) is 6.37. The van der Waals surface area contributed by atoms with Crippen LogP contribution in [0.2, 0.25) is 0 Å². The van der Waals surface area contributed by atoms with Gasteiger partial charge in [-0.1, -0.05) is 44.2 Å². The second-order valence-electron chi connectivity index (χ2n) is 6.37. The van der Waals surface area contributed by atoms with Gasteiger partial charge in [-0.2, -0.15) is 5.26 Å². The Labute approximate surface area is 152 Å². The molecule has 3 aromatic rings. The molecule has 0 atom stereocenters. The van der Waals surface area contributed by atoms with Crippen LogP contribution in [0.5, 0.6) is 0 Å². The van der Waals surface area contributed by atoms with Crippen LogP contribution in [0.4, 0.5) is 11.4 Å². The Balaban J connectivity index is 1.76. The van der Waals surface area contributed by atoms with Crippen LogP contribution in [0.25, 0.3) is 10.9 Å². The van der Waals surface area contributed by atoms with E-state index in [0.717, 1.165) is 27.8 Å². The quantitative estimate of drug-likeness (QED) is 0.723. The van der Waals surface area contributed by atoms with Crippen molar-refractivity contribution >= 4 is 28.2 Å². The summed E-state index contributed by atoms with van der Waals surface area (Å²) in [7, 11) is 0. The number of fused-ring (bicyclic) bond motifs is 1. The van der Waals surface area contributed by atoms with Crippen molar-refractivity contribution in [2.75, 3.05) is 10.6 Å². The highest BCUT2D eigenvalue weighted by Gasteiger charge is 2.09. The van der Waals surface area contributed by atoms with Gasteiger partial charge < -0.3 is 10.6 Å². The van der Waals surface area contributed by atoms with Crippen LogP contribution in [0.1, 0.15) is 25.0 Å². The third kappa shape index (κ3) is 3.81. The van der Waals surface area contributed by atoms with Crippen LogP contribution in [-0.2, 0) is 11.3 Å². The summed E-state index contributed by atoms with van der Waals surface area (Å²) in [6.45, 7) is 4.29. The first-order valence-electron chi connectivity index (χ1n) is 8.50.